The van der Waals surface area contributed by atoms with E-state index in [1.165, 1.54) is 5.56 Å². The highest BCUT2D eigenvalue weighted by Crippen LogP contribution is 2.24. The van der Waals surface area contributed by atoms with Gasteiger partial charge in [0.25, 0.3) is 0 Å². The Morgan fingerprint density at radius 3 is 2.90 bits per heavy atom. The van der Waals surface area contributed by atoms with Crippen LogP contribution in [-0.2, 0) is 6.42 Å². The fourth-order valence-corrected chi connectivity index (χ4v) is 2.20. The molecule has 2 aromatic rings. The summed E-state index contributed by atoms with van der Waals surface area (Å²) in [4.78, 5) is 4.14. The molecule has 0 saturated heterocycles. The zero-order valence-electron chi connectivity index (χ0n) is 12.0. The van der Waals surface area contributed by atoms with E-state index in [-0.39, 0.29) is 6.04 Å². The number of anilines is 1. The van der Waals surface area contributed by atoms with Crippen molar-refractivity contribution in [2.24, 2.45) is 0 Å². The van der Waals surface area contributed by atoms with E-state index in [1.54, 1.807) is 6.20 Å². The van der Waals surface area contributed by atoms with Gasteiger partial charge in [-0.15, -0.1) is 0 Å². The van der Waals surface area contributed by atoms with E-state index < -0.39 is 0 Å². The number of nitrogens with two attached hydrogens (primary N) is 1. The third kappa shape index (κ3) is 3.48. The van der Waals surface area contributed by atoms with Crippen molar-refractivity contribution in [3.63, 3.8) is 0 Å². The lowest BCUT2D eigenvalue weighted by Crippen LogP contribution is -2.19. The zero-order valence-corrected chi connectivity index (χ0v) is 12.0. The molecule has 1 unspecified atom stereocenters. The van der Waals surface area contributed by atoms with Crippen LogP contribution in [0.3, 0.4) is 0 Å². The Morgan fingerprint density at radius 2 is 2.20 bits per heavy atom. The van der Waals surface area contributed by atoms with Gasteiger partial charge in [0.1, 0.15) is 5.75 Å². The minimum absolute atomic E-state index is 0.182. The molecular weight excluding hydrogens is 250 g/mol. The molecule has 20 heavy (non-hydrogen) atoms. The van der Waals surface area contributed by atoms with E-state index in [1.807, 2.05) is 38.4 Å². The average Bonchev–Trinajstić information content (AvgIpc) is 2.47. The van der Waals surface area contributed by atoms with Gasteiger partial charge in [-0.3, -0.25) is 4.98 Å². The smallest absolute Gasteiger partial charge is 0.119 e. The number of benzene rings is 1. The lowest BCUT2D eigenvalue weighted by molar-refractivity contribution is 0.339. The second kappa shape index (κ2) is 6.91. The first-order valence-corrected chi connectivity index (χ1v) is 6.83. The molecule has 1 heterocycles. The molecule has 0 saturated carbocycles. The van der Waals surface area contributed by atoms with Crippen molar-refractivity contribution in [2.45, 2.75) is 19.4 Å². The van der Waals surface area contributed by atoms with Crippen LogP contribution in [0.15, 0.2) is 42.7 Å². The van der Waals surface area contributed by atoms with E-state index in [0.29, 0.717) is 6.61 Å². The van der Waals surface area contributed by atoms with Crippen LogP contribution in [0.5, 0.6) is 5.75 Å². The highest BCUT2D eigenvalue weighted by Gasteiger charge is 2.12. The Morgan fingerprint density at radius 1 is 1.35 bits per heavy atom. The highest BCUT2D eigenvalue weighted by molar-refractivity contribution is 5.45. The summed E-state index contributed by atoms with van der Waals surface area (Å²) in [5, 5.41) is 3.32. The maximum absolute atomic E-state index is 5.99. The summed E-state index contributed by atoms with van der Waals surface area (Å²) in [6.07, 6.45) is 4.33. The molecule has 1 aromatic carbocycles. The van der Waals surface area contributed by atoms with Crippen molar-refractivity contribution in [3.05, 3.63) is 53.9 Å². The number of rotatable bonds is 6. The molecule has 2 rings (SSSR count). The van der Waals surface area contributed by atoms with Crippen LogP contribution >= 0.6 is 0 Å². The van der Waals surface area contributed by atoms with Crippen LogP contribution in [0.1, 0.15) is 24.1 Å². The Balaban J connectivity index is 2.20. The minimum atomic E-state index is 0.182. The molecule has 4 nitrogen and oxygen atoms in total. The standard InChI is InChI=1S/C16H21N3O/c1-3-20-14-6-4-5-12(9-14)16(18-2)10-13-11-19-8-7-15(13)17/h4-9,11,16,18H,3,10H2,1-2H3,(H2,17,19). The zero-order chi connectivity index (χ0) is 14.4. The highest BCUT2D eigenvalue weighted by atomic mass is 16.5. The molecule has 0 fully saturated rings. The fourth-order valence-electron chi connectivity index (χ4n) is 2.20. The van der Waals surface area contributed by atoms with Gasteiger partial charge in [-0.1, -0.05) is 12.1 Å². The SMILES string of the molecule is CCOc1cccc(C(Cc2cnccc2N)NC)c1. The molecule has 106 valence electrons. The first-order valence-electron chi connectivity index (χ1n) is 6.83. The second-order valence-electron chi connectivity index (χ2n) is 4.63. The Kier molecular flexibility index (Phi) is 4.96. The number of likely N-dealkylation sites (N-methyl/N-ethyl adjacent to an activating group) is 1. The molecule has 0 bridgehead atoms. The molecule has 0 spiro atoms. The summed E-state index contributed by atoms with van der Waals surface area (Å²) in [6.45, 7) is 2.65. The minimum Gasteiger partial charge on any atom is -0.494 e. The van der Waals surface area contributed by atoms with Crippen LogP contribution in [-0.4, -0.2) is 18.6 Å². The van der Waals surface area contributed by atoms with E-state index >= 15 is 0 Å². The van der Waals surface area contributed by atoms with Gasteiger partial charge < -0.3 is 15.8 Å². The topological polar surface area (TPSA) is 60.2 Å². The summed E-state index contributed by atoms with van der Waals surface area (Å²) in [6, 6.07) is 10.2. The maximum atomic E-state index is 5.99. The molecule has 1 aromatic heterocycles. The second-order valence-corrected chi connectivity index (χ2v) is 4.63. The number of nitrogen functional groups attached to an aromatic ring is 1. The Bertz CT molecular complexity index is 557. The molecule has 0 aliphatic carbocycles. The van der Waals surface area contributed by atoms with Crippen molar-refractivity contribution in [2.75, 3.05) is 19.4 Å². The molecule has 0 radical (unpaired) electrons. The number of pyridine rings is 1. The predicted molar refractivity (Wildman–Crippen MR) is 81.8 cm³/mol. The summed E-state index contributed by atoms with van der Waals surface area (Å²) in [5.74, 6) is 0.893. The number of ether oxygens (including phenoxy) is 1. The third-order valence-electron chi connectivity index (χ3n) is 3.29. The number of hydrogen-bond donors (Lipinski definition) is 2. The van der Waals surface area contributed by atoms with Gasteiger partial charge in [-0.25, -0.2) is 0 Å². The van der Waals surface area contributed by atoms with Gasteiger partial charge in [0, 0.05) is 24.1 Å². The van der Waals surface area contributed by atoms with Gasteiger partial charge in [0.15, 0.2) is 0 Å². The van der Waals surface area contributed by atoms with Crippen LogP contribution in [0.4, 0.5) is 5.69 Å². The van der Waals surface area contributed by atoms with Crippen molar-refractivity contribution in [1.82, 2.24) is 10.3 Å². The number of hydrogen-bond acceptors (Lipinski definition) is 4. The Hall–Kier alpha value is -2.07. The predicted octanol–water partition coefficient (Wildman–Crippen LogP) is 2.57. The van der Waals surface area contributed by atoms with Gasteiger partial charge in [-0.2, -0.15) is 0 Å². The number of aromatic nitrogens is 1. The summed E-state index contributed by atoms with van der Waals surface area (Å²) in [5.41, 5.74) is 9.00. The van der Waals surface area contributed by atoms with Gasteiger partial charge in [0.2, 0.25) is 0 Å². The van der Waals surface area contributed by atoms with Crippen LogP contribution in [0, 0.1) is 0 Å². The van der Waals surface area contributed by atoms with Crippen molar-refractivity contribution < 1.29 is 4.74 Å². The van der Waals surface area contributed by atoms with Gasteiger partial charge >= 0.3 is 0 Å². The summed E-state index contributed by atoms with van der Waals surface area (Å²) >= 11 is 0. The molecule has 0 amide bonds. The first kappa shape index (κ1) is 14.3. The van der Waals surface area contributed by atoms with Crippen molar-refractivity contribution >= 4 is 5.69 Å². The largest absolute Gasteiger partial charge is 0.494 e. The van der Waals surface area contributed by atoms with E-state index in [4.69, 9.17) is 10.5 Å². The van der Waals surface area contributed by atoms with Crippen LogP contribution < -0.4 is 15.8 Å². The average molecular weight is 271 g/mol. The normalized spacial score (nSPS) is 12.1. The summed E-state index contributed by atoms with van der Waals surface area (Å²) in [7, 11) is 1.95. The Labute approximate surface area is 120 Å². The molecule has 3 N–H and O–H groups in total. The van der Waals surface area contributed by atoms with Crippen molar-refractivity contribution in [3.8, 4) is 5.75 Å². The van der Waals surface area contributed by atoms with Gasteiger partial charge in [0.05, 0.1) is 6.61 Å². The maximum Gasteiger partial charge on any atom is 0.119 e. The fraction of sp³-hybridized carbons (Fsp3) is 0.312. The quantitative estimate of drug-likeness (QED) is 0.847. The third-order valence-corrected chi connectivity index (χ3v) is 3.29. The van der Waals surface area contributed by atoms with Crippen LogP contribution in [0.25, 0.3) is 0 Å². The first-order chi connectivity index (χ1) is 9.74. The lowest BCUT2D eigenvalue weighted by atomic mass is 9.99. The molecule has 0 aliphatic rings. The lowest BCUT2D eigenvalue weighted by Gasteiger charge is -2.18. The number of nitrogens with one attached hydrogen (secondary N) is 1. The van der Waals surface area contributed by atoms with Crippen LogP contribution in [0.2, 0.25) is 0 Å². The van der Waals surface area contributed by atoms with E-state index in [0.717, 1.165) is 23.4 Å². The molecule has 0 aliphatic heterocycles. The van der Waals surface area contributed by atoms with Gasteiger partial charge in [-0.05, 0) is 49.7 Å². The summed E-state index contributed by atoms with van der Waals surface area (Å²) < 4.78 is 5.55. The molecular formula is C16H21N3O. The van der Waals surface area contributed by atoms with E-state index in [9.17, 15) is 0 Å². The van der Waals surface area contributed by atoms with E-state index in [2.05, 4.69) is 22.4 Å². The van der Waals surface area contributed by atoms with Crippen molar-refractivity contribution in [1.29, 1.82) is 0 Å². The number of nitrogens with zero attached hydrogens (tertiary/aromatic N) is 1. The molecule has 4 heteroatoms. The molecule has 1 atom stereocenters. The monoisotopic (exact) mass is 271 g/mol.